The first-order valence-electron chi connectivity index (χ1n) is 6.72. The molecule has 0 spiro atoms. The molecule has 15 heavy (non-hydrogen) atoms. The minimum absolute atomic E-state index is 0.891. The molecule has 0 saturated carbocycles. The fourth-order valence-corrected chi connectivity index (χ4v) is 2.92. The molecule has 1 N–H and O–H groups in total. The van der Waals surface area contributed by atoms with Gasteiger partial charge in [-0.3, -0.25) is 0 Å². The van der Waals surface area contributed by atoms with Gasteiger partial charge in [0.05, 0.1) is 0 Å². The van der Waals surface area contributed by atoms with Crippen molar-refractivity contribution >= 4 is 0 Å². The molecule has 2 heterocycles. The first-order chi connectivity index (χ1) is 7.29. The van der Waals surface area contributed by atoms with Crippen LogP contribution < -0.4 is 5.32 Å². The topological polar surface area (TPSA) is 15.3 Å². The van der Waals surface area contributed by atoms with E-state index in [1.54, 1.807) is 0 Å². The van der Waals surface area contributed by atoms with Crippen molar-refractivity contribution in [2.24, 2.45) is 17.8 Å². The maximum atomic E-state index is 3.38. The van der Waals surface area contributed by atoms with Gasteiger partial charge in [0, 0.05) is 13.1 Å². The summed E-state index contributed by atoms with van der Waals surface area (Å²) in [7, 11) is 0. The van der Waals surface area contributed by atoms with Crippen LogP contribution in [0.15, 0.2) is 0 Å². The van der Waals surface area contributed by atoms with Gasteiger partial charge in [0.1, 0.15) is 0 Å². The molecule has 0 bridgehead atoms. The quantitative estimate of drug-likeness (QED) is 0.763. The molecule has 2 heteroatoms. The fraction of sp³-hybridized carbons (Fsp3) is 1.00. The minimum atomic E-state index is 0.891. The Morgan fingerprint density at radius 2 is 2.20 bits per heavy atom. The van der Waals surface area contributed by atoms with Crippen LogP contribution in [0.2, 0.25) is 0 Å². The van der Waals surface area contributed by atoms with Gasteiger partial charge in [0.25, 0.3) is 0 Å². The molecule has 88 valence electrons. The van der Waals surface area contributed by atoms with Crippen LogP contribution in [0.3, 0.4) is 0 Å². The Morgan fingerprint density at radius 1 is 1.40 bits per heavy atom. The van der Waals surface area contributed by atoms with Crippen LogP contribution >= 0.6 is 0 Å². The van der Waals surface area contributed by atoms with Crippen LogP contribution in [0, 0.1) is 17.8 Å². The molecule has 2 aliphatic rings. The van der Waals surface area contributed by atoms with Gasteiger partial charge in [-0.15, -0.1) is 0 Å². The summed E-state index contributed by atoms with van der Waals surface area (Å²) in [6, 6.07) is 0. The molecule has 0 aromatic carbocycles. The van der Waals surface area contributed by atoms with Gasteiger partial charge < -0.3 is 10.2 Å². The molecule has 2 aliphatic heterocycles. The van der Waals surface area contributed by atoms with Crippen LogP contribution in [0.4, 0.5) is 0 Å². The van der Waals surface area contributed by atoms with Crippen molar-refractivity contribution in [3.8, 4) is 0 Å². The number of nitrogens with zero attached hydrogens (tertiary/aromatic N) is 1. The molecule has 0 aliphatic carbocycles. The zero-order valence-electron chi connectivity index (χ0n) is 10.3. The zero-order chi connectivity index (χ0) is 10.7. The molecular weight excluding hydrogens is 184 g/mol. The van der Waals surface area contributed by atoms with Gasteiger partial charge in [-0.25, -0.2) is 0 Å². The lowest BCUT2D eigenvalue weighted by atomic mass is 9.87. The SMILES string of the molecule is CCC1CCCN(CC(C)C2CNC2)C1. The number of rotatable bonds is 4. The van der Waals surface area contributed by atoms with Crippen molar-refractivity contribution in [3.05, 3.63) is 0 Å². The largest absolute Gasteiger partial charge is 0.316 e. The average molecular weight is 210 g/mol. The number of piperidine rings is 1. The number of nitrogens with one attached hydrogen (secondary N) is 1. The Morgan fingerprint density at radius 3 is 2.80 bits per heavy atom. The van der Waals surface area contributed by atoms with Crippen molar-refractivity contribution in [3.63, 3.8) is 0 Å². The second kappa shape index (κ2) is 5.31. The van der Waals surface area contributed by atoms with Crippen LogP contribution in [-0.4, -0.2) is 37.6 Å². The Labute approximate surface area is 94.4 Å². The van der Waals surface area contributed by atoms with Crippen LogP contribution in [0.25, 0.3) is 0 Å². The molecule has 0 aromatic heterocycles. The van der Waals surface area contributed by atoms with E-state index in [0.29, 0.717) is 0 Å². The van der Waals surface area contributed by atoms with E-state index >= 15 is 0 Å². The van der Waals surface area contributed by atoms with E-state index in [-0.39, 0.29) is 0 Å². The lowest BCUT2D eigenvalue weighted by Crippen LogP contribution is -2.49. The van der Waals surface area contributed by atoms with Crippen molar-refractivity contribution in [2.45, 2.75) is 33.1 Å². The maximum Gasteiger partial charge on any atom is 0.00107 e. The van der Waals surface area contributed by atoms with Gasteiger partial charge >= 0.3 is 0 Å². The van der Waals surface area contributed by atoms with Gasteiger partial charge in [-0.2, -0.15) is 0 Å². The van der Waals surface area contributed by atoms with Crippen molar-refractivity contribution < 1.29 is 0 Å². The first-order valence-corrected chi connectivity index (χ1v) is 6.72. The molecule has 2 saturated heterocycles. The van der Waals surface area contributed by atoms with E-state index in [2.05, 4.69) is 24.1 Å². The van der Waals surface area contributed by atoms with E-state index in [9.17, 15) is 0 Å². The van der Waals surface area contributed by atoms with Gasteiger partial charge in [-0.1, -0.05) is 20.3 Å². The number of hydrogen-bond acceptors (Lipinski definition) is 2. The molecule has 2 rings (SSSR count). The summed E-state index contributed by atoms with van der Waals surface area (Å²) >= 11 is 0. The van der Waals surface area contributed by atoms with E-state index in [1.807, 2.05) is 0 Å². The summed E-state index contributed by atoms with van der Waals surface area (Å²) in [6.45, 7) is 11.3. The van der Waals surface area contributed by atoms with Gasteiger partial charge in [0.2, 0.25) is 0 Å². The number of likely N-dealkylation sites (tertiary alicyclic amines) is 1. The Balaban J connectivity index is 1.72. The molecule has 2 atom stereocenters. The average Bonchev–Trinajstić information content (AvgIpc) is 2.15. The van der Waals surface area contributed by atoms with E-state index in [4.69, 9.17) is 0 Å². The summed E-state index contributed by atoms with van der Waals surface area (Å²) in [4.78, 5) is 2.71. The number of hydrogen-bond donors (Lipinski definition) is 1. The van der Waals surface area contributed by atoms with Gasteiger partial charge in [0.15, 0.2) is 0 Å². The molecule has 0 aromatic rings. The predicted octanol–water partition coefficient (Wildman–Crippen LogP) is 1.96. The Bertz CT molecular complexity index is 189. The van der Waals surface area contributed by atoms with Gasteiger partial charge in [-0.05, 0) is 50.2 Å². The second-order valence-corrected chi connectivity index (χ2v) is 5.57. The lowest BCUT2D eigenvalue weighted by Gasteiger charge is -2.38. The molecule has 0 radical (unpaired) electrons. The normalized spacial score (nSPS) is 31.2. The van der Waals surface area contributed by atoms with Crippen LogP contribution in [0.1, 0.15) is 33.1 Å². The molecule has 2 nitrogen and oxygen atoms in total. The summed E-state index contributed by atoms with van der Waals surface area (Å²) in [6.07, 6.45) is 4.26. The van der Waals surface area contributed by atoms with Crippen LogP contribution in [0.5, 0.6) is 0 Å². The van der Waals surface area contributed by atoms with Crippen molar-refractivity contribution in [1.82, 2.24) is 10.2 Å². The predicted molar refractivity (Wildman–Crippen MR) is 65.0 cm³/mol. The molecular formula is C13H26N2. The van der Waals surface area contributed by atoms with Crippen LogP contribution in [-0.2, 0) is 0 Å². The third kappa shape index (κ3) is 2.94. The molecule has 0 amide bonds. The molecule has 2 unspecified atom stereocenters. The summed E-state index contributed by atoms with van der Waals surface area (Å²) in [5.74, 6) is 2.82. The second-order valence-electron chi connectivity index (χ2n) is 5.57. The highest BCUT2D eigenvalue weighted by Gasteiger charge is 2.26. The monoisotopic (exact) mass is 210 g/mol. The lowest BCUT2D eigenvalue weighted by molar-refractivity contribution is 0.120. The van der Waals surface area contributed by atoms with E-state index in [1.165, 1.54) is 52.0 Å². The molecule has 2 fully saturated rings. The Hall–Kier alpha value is -0.0800. The third-order valence-corrected chi connectivity index (χ3v) is 4.34. The Kier molecular flexibility index (Phi) is 4.04. The first kappa shape index (κ1) is 11.4. The van der Waals surface area contributed by atoms with E-state index in [0.717, 1.165) is 17.8 Å². The summed E-state index contributed by atoms with van der Waals surface area (Å²) < 4.78 is 0. The van der Waals surface area contributed by atoms with E-state index < -0.39 is 0 Å². The standard InChI is InChI=1S/C13H26N2/c1-3-12-5-4-6-15(10-12)9-11(2)13-7-14-8-13/h11-14H,3-10H2,1-2H3. The maximum absolute atomic E-state index is 3.38. The highest BCUT2D eigenvalue weighted by molar-refractivity contribution is 4.82. The third-order valence-electron chi connectivity index (χ3n) is 4.34. The minimum Gasteiger partial charge on any atom is -0.316 e. The summed E-state index contributed by atoms with van der Waals surface area (Å²) in [5.41, 5.74) is 0. The summed E-state index contributed by atoms with van der Waals surface area (Å²) in [5, 5.41) is 3.38. The zero-order valence-corrected chi connectivity index (χ0v) is 10.3. The fourth-order valence-electron chi connectivity index (χ4n) is 2.92. The highest BCUT2D eigenvalue weighted by Crippen LogP contribution is 2.23. The highest BCUT2D eigenvalue weighted by atomic mass is 15.1. The smallest absolute Gasteiger partial charge is 0.00107 e. The van der Waals surface area contributed by atoms with Crippen molar-refractivity contribution in [1.29, 1.82) is 0 Å². The van der Waals surface area contributed by atoms with Crippen molar-refractivity contribution in [2.75, 3.05) is 32.7 Å².